The van der Waals surface area contributed by atoms with Crippen molar-refractivity contribution in [2.75, 3.05) is 13.1 Å². The Morgan fingerprint density at radius 2 is 1.52 bits per heavy atom. The van der Waals surface area contributed by atoms with E-state index in [1.54, 1.807) is 0 Å². The fourth-order valence-corrected chi connectivity index (χ4v) is 2.68. The van der Waals surface area contributed by atoms with E-state index in [-0.39, 0.29) is 6.04 Å². The first-order chi connectivity index (χ1) is 9.48. The normalized spacial score (nSPS) is 21.3. The quantitative estimate of drug-likeness (QED) is 0.550. The highest BCUT2D eigenvalue weighted by Gasteiger charge is 2.33. The van der Waals surface area contributed by atoms with Gasteiger partial charge in [-0.05, 0) is 31.1 Å². The topological polar surface area (TPSA) is 3.24 Å². The number of nitrogens with zero attached hydrogens (tertiary/aromatic N) is 1. The van der Waals surface area contributed by atoms with Gasteiger partial charge in [-0.15, -0.1) is 12.6 Å². The summed E-state index contributed by atoms with van der Waals surface area (Å²) in [6, 6.07) is -0.300. The van der Waals surface area contributed by atoms with Gasteiger partial charge in [0, 0.05) is 19.1 Å². The average Bonchev–Trinajstić information content (AvgIpc) is 2.30. The molecule has 0 aromatic rings. The van der Waals surface area contributed by atoms with Crippen molar-refractivity contribution in [1.29, 1.82) is 0 Å². The molecule has 0 unspecified atom stereocenters. The molecule has 0 aromatic heterocycles. The number of rotatable bonds is 5. The summed E-state index contributed by atoms with van der Waals surface area (Å²) in [5, 5.41) is 0. The van der Waals surface area contributed by atoms with Crippen LogP contribution in [0.2, 0.25) is 0 Å². The maximum absolute atomic E-state index is 12.3. The number of alkyl halides is 6. The minimum Gasteiger partial charge on any atom is -0.299 e. The van der Waals surface area contributed by atoms with E-state index in [9.17, 15) is 26.3 Å². The molecule has 1 rings (SSSR count). The van der Waals surface area contributed by atoms with Crippen LogP contribution in [0.1, 0.15) is 39.0 Å². The SMILES string of the molecule is CC1=C(S)C[C@@H](N(CCC(F)(F)F)CCC(F)(F)F)CC1. The minimum atomic E-state index is -4.36. The van der Waals surface area contributed by atoms with Crippen LogP contribution in [0.15, 0.2) is 10.5 Å². The van der Waals surface area contributed by atoms with Gasteiger partial charge in [0.15, 0.2) is 0 Å². The molecule has 1 atom stereocenters. The second kappa shape index (κ2) is 7.26. The zero-order valence-electron chi connectivity index (χ0n) is 11.7. The highest BCUT2D eigenvalue weighted by molar-refractivity contribution is 7.84. The second-order valence-electron chi connectivity index (χ2n) is 5.39. The van der Waals surface area contributed by atoms with Crippen molar-refractivity contribution >= 4 is 12.6 Å². The van der Waals surface area contributed by atoms with Crippen molar-refractivity contribution in [2.45, 2.75) is 57.4 Å². The van der Waals surface area contributed by atoms with Crippen LogP contribution in [0.3, 0.4) is 0 Å². The highest BCUT2D eigenvalue weighted by Crippen LogP contribution is 2.32. The third-order valence-corrected chi connectivity index (χ3v) is 4.22. The maximum atomic E-state index is 12.3. The van der Waals surface area contributed by atoms with E-state index in [1.165, 1.54) is 4.90 Å². The van der Waals surface area contributed by atoms with Gasteiger partial charge in [-0.2, -0.15) is 26.3 Å². The summed E-state index contributed by atoms with van der Waals surface area (Å²) in [4.78, 5) is 2.08. The van der Waals surface area contributed by atoms with Gasteiger partial charge in [-0.3, -0.25) is 4.90 Å². The summed E-state index contributed by atoms with van der Waals surface area (Å²) in [5.41, 5.74) is 1.06. The molecule has 0 fully saturated rings. The molecule has 1 aliphatic carbocycles. The fourth-order valence-electron chi connectivity index (χ4n) is 2.36. The Morgan fingerprint density at radius 3 is 1.90 bits per heavy atom. The van der Waals surface area contributed by atoms with Gasteiger partial charge in [0.2, 0.25) is 0 Å². The summed E-state index contributed by atoms with van der Waals surface area (Å²) >= 11 is 4.27. The Bertz CT molecular complexity index is 356. The second-order valence-corrected chi connectivity index (χ2v) is 5.93. The lowest BCUT2D eigenvalue weighted by atomic mass is 9.94. The summed E-state index contributed by atoms with van der Waals surface area (Å²) < 4.78 is 73.9. The predicted octanol–water partition coefficient (Wildman–Crippen LogP) is 4.95. The van der Waals surface area contributed by atoms with Crippen LogP contribution >= 0.6 is 12.6 Å². The average molecular weight is 335 g/mol. The van der Waals surface area contributed by atoms with Crippen LogP contribution in [-0.4, -0.2) is 36.4 Å². The van der Waals surface area contributed by atoms with Crippen molar-refractivity contribution in [1.82, 2.24) is 4.90 Å². The summed E-state index contributed by atoms with van der Waals surface area (Å²) in [6.07, 6.45) is -9.24. The molecule has 21 heavy (non-hydrogen) atoms. The molecule has 0 amide bonds. The van der Waals surface area contributed by atoms with Crippen LogP contribution in [-0.2, 0) is 0 Å². The molecule has 0 saturated heterocycles. The van der Waals surface area contributed by atoms with Crippen molar-refractivity contribution < 1.29 is 26.3 Å². The van der Waals surface area contributed by atoms with Crippen LogP contribution in [0.5, 0.6) is 0 Å². The summed E-state index contributed by atoms with van der Waals surface area (Å²) in [5.74, 6) is 0. The van der Waals surface area contributed by atoms with E-state index in [0.717, 1.165) is 10.5 Å². The molecule has 0 aromatic carbocycles. The lowest BCUT2D eigenvalue weighted by molar-refractivity contribution is -0.148. The van der Waals surface area contributed by atoms with E-state index in [4.69, 9.17) is 0 Å². The number of allylic oxidation sites excluding steroid dienone is 1. The lowest BCUT2D eigenvalue weighted by Gasteiger charge is -2.35. The first-order valence-electron chi connectivity index (χ1n) is 6.73. The molecule has 0 heterocycles. The van der Waals surface area contributed by atoms with Crippen molar-refractivity contribution in [3.63, 3.8) is 0 Å². The third kappa shape index (κ3) is 7.44. The Labute approximate surface area is 125 Å². The van der Waals surface area contributed by atoms with E-state index in [0.29, 0.717) is 19.3 Å². The Kier molecular flexibility index (Phi) is 6.46. The zero-order valence-corrected chi connectivity index (χ0v) is 12.6. The number of hydrogen-bond acceptors (Lipinski definition) is 2. The van der Waals surface area contributed by atoms with Crippen LogP contribution in [0.25, 0.3) is 0 Å². The van der Waals surface area contributed by atoms with E-state index < -0.39 is 38.3 Å². The molecule has 8 heteroatoms. The standard InChI is InChI=1S/C13H19F6NS/c1-9-2-3-10(8-11(9)21)20(6-4-12(14,15)16)7-5-13(17,18)19/h10,21H,2-8H2,1H3/t10-/m0/s1. The highest BCUT2D eigenvalue weighted by atomic mass is 32.1. The van der Waals surface area contributed by atoms with Gasteiger partial charge in [-0.1, -0.05) is 5.57 Å². The van der Waals surface area contributed by atoms with Gasteiger partial charge in [0.1, 0.15) is 0 Å². The van der Waals surface area contributed by atoms with Crippen molar-refractivity contribution in [2.24, 2.45) is 0 Å². The van der Waals surface area contributed by atoms with Crippen LogP contribution in [0, 0.1) is 0 Å². The molecular weight excluding hydrogens is 316 g/mol. The molecule has 0 spiro atoms. The molecule has 1 nitrogen and oxygen atoms in total. The Hall–Kier alpha value is -0.370. The summed E-state index contributed by atoms with van der Waals surface area (Å²) in [7, 11) is 0. The molecular formula is C13H19F6NS. The Balaban J connectivity index is 2.67. The fraction of sp³-hybridized carbons (Fsp3) is 0.846. The van der Waals surface area contributed by atoms with Gasteiger partial charge >= 0.3 is 12.4 Å². The van der Waals surface area contributed by atoms with Gasteiger partial charge in [0.05, 0.1) is 12.8 Å². The summed E-state index contributed by atoms with van der Waals surface area (Å²) in [6.45, 7) is 1.09. The predicted molar refractivity (Wildman–Crippen MR) is 72.2 cm³/mol. The number of thiol groups is 1. The van der Waals surface area contributed by atoms with Gasteiger partial charge in [0.25, 0.3) is 0 Å². The van der Waals surface area contributed by atoms with Gasteiger partial charge < -0.3 is 0 Å². The third-order valence-electron chi connectivity index (χ3n) is 3.66. The first kappa shape index (κ1) is 18.7. The van der Waals surface area contributed by atoms with Crippen molar-refractivity contribution in [3.8, 4) is 0 Å². The van der Waals surface area contributed by atoms with E-state index in [2.05, 4.69) is 12.6 Å². The molecule has 124 valence electrons. The van der Waals surface area contributed by atoms with Crippen LogP contribution in [0.4, 0.5) is 26.3 Å². The van der Waals surface area contributed by atoms with Gasteiger partial charge in [-0.25, -0.2) is 0 Å². The molecule has 0 saturated carbocycles. The zero-order chi connectivity index (χ0) is 16.3. The number of hydrogen-bond donors (Lipinski definition) is 1. The number of halogens is 6. The van der Waals surface area contributed by atoms with Crippen molar-refractivity contribution in [3.05, 3.63) is 10.5 Å². The van der Waals surface area contributed by atoms with E-state index in [1.807, 2.05) is 6.92 Å². The molecule has 0 radical (unpaired) electrons. The first-order valence-corrected chi connectivity index (χ1v) is 7.18. The Morgan fingerprint density at radius 1 is 1.05 bits per heavy atom. The molecule has 0 aliphatic heterocycles. The minimum absolute atomic E-state index is 0.300. The van der Waals surface area contributed by atoms with Crippen LogP contribution < -0.4 is 0 Å². The lowest BCUT2D eigenvalue weighted by Crippen LogP contribution is -2.41. The monoisotopic (exact) mass is 335 g/mol. The molecule has 0 N–H and O–H groups in total. The maximum Gasteiger partial charge on any atom is 0.390 e. The van der Waals surface area contributed by atoms with E-state index >= 15 is 0 Å². The molecule has 0 bridgehead atoms. The molecule has 1 aliphatic rings. The smallest absolute Gasteiger partial charge is 0.299 e. The largest absolute Gasteiger partial charge is 0.390 e.